The molecule has 0 radical (unpaired) electrons. The number of halogens is 4. The molecule has 1 saturated heterocycles. The standard InChI is InChI=1S/C37H48F4N4O9S/c1-21-10-6-7-11-23-18-36(23,32(49)44-55(51,52)35(20-38)14-15-35)43-29(46)27-17-24(53-31(48)25-12-8-9-13-26(25)37(39,40)41)19-45(27)30(47)28(22(2)16-21)42-33(50)54-34(3,4)5/h7-9,11-13,21-24,27-28H,6,10,14-20H2,1-5H3,(H,42,50)(H,43,46)(H,44,49)/b11-7-/t21?,22-,23-,24-,27+,28+,36-/m1/s1. The van der Waals surface area contributed by atoms with Gasteiger partial charge in [-0.25, -0.2) is 22.4 Å². The van der Waals surface area contributed by atoms with Crippen molar-refractivity contribution < 1.29 is 59.4 Å². The fourth-order valence-corrected chi connectivity index (χ4v) is 8.73. The lowest BCUT2D eigenvalue weighted by atomic mass is 9.88. The number of amides is 4. The lowest BCUT2D eigenvalue weighted by molar-refractivity contribution is -0.142. The molecule has 1 unspecified atom stereocenters. The molecule has 3 N–H and O–H groups in total. The van der Waals surface area contributed by atoms with E-state index in [-0.39, 0.29) is 25.2 Å². The van der Waals surface area contributed by atoms with Crippen LogP contribution >= 0.6 is 0 Å². The molecule has 1 aromatic rings. The zero-order valence-corrected chi connectivity index (χ0v) is 32.2. The van der Waals surface area contributed by atoms with Gasteiger partial charge in [-0.1, -0.05) is 38.1 Å². The van der Waals surface area contributed by atoms with Gasteiger partial charge in [-0.2, -0.15) is 13.2 Å². The monoisotopic (exact) mass is 800 g/mol. The third kappa shape index (κ3) is 9.26. The molecule has 0 spiro atoms. The molecule has 7 atom stereocenters. The number of rotatable bonds is 7. The second-order valence-corrected chi connectivity index (χ2v) is 18.4. The minimum Gasteiger partial charge on any atom is -0.457 e. The van der Waals surface area contributed by atoms with Gasteiger partial charge in [0, 0.05) is 12.3 Å². The number of esters is 1. The number of nitrogens with one attached hydrogen (secondary N) is 3. The molecule has 3 fully saturated rings. The van der Waals surface area contributed by atoms with Gasteiger partial charge in [0.15, 0.2) is 0 Å². The molecule has 1 aromatic carbocycles. The smallest absolute Gasteiger partial charge is 0.417 e. The number of nitrogens with zero attached hydrogens (tertiary/aromatic N) is 1. The number of ether oxygens (including phenoxy) is 2. The third-order valence-electron chi connectivity index (χ3n) is 10.7. The van der Waals surface area contributed by atoms with E-state index in [1.54, 1.807) is 33.8 Å². The van der Waals surface area contributed by atoms with E-state index < -0.39 is 123 Å². The second-order valence-electron chi connectivity index (χ2n) is 16.3. The summed E-state index contributed by atoms with van der Waals surface area (Å²) in [4.78, 5) is 69.9. The number of sulfonamides is 1. The van der Waals surface area contributed by atoms with Crippen molar-refractivity contribution in [1.29, 1.82) is 0 Å². The first-order valence-electron chi connectivity index (χ1n) is 18.3. The van der Waals surface area contributed by atoms with Crippen LogP contribution in [0.3, 0.4) is 0 Å². The molecule has 4 aliphatic rings. The summed E-state index contributed by atoms with van der Waals surface area (Å²) in [5.41, 5.74) is -4.78. The Balaban J connectivity index is 1.50. The fourth-order valence-electron chi connectivity index (χ4n) is 7.31. The molecule has 2 saturated carbocycles. The molecular weight excluding hydrogens is 752 g/mol. The van der Waals surface area contributed by atoms with Gasteiger partial charge in [0.1, 0.15) is 40.7 Å². The quantitative estimate of drug-likeness (QED) is 0.203. The van der Waals surface area contributed by atoms with Crippen LogP contribution in [0.15, 0.2) is 36.4 Å². The average molecular weight is 801 g/mol. The summed E-state index contributed by atoms with van der Waals surface area (Å²) < 4.78 is 92.4. The molecule has 2 aliphatic heterocycles. The van der Waals surface area contributed by atoms with Gasteiger partial charge in [-0.15, -0.1) is 0 Å². The first kappa shape index (κ1) is 41.9. The highest BCUT2D eigenvalue weighted by atomic mass is 32.2. The van der Waals surface area contributed by atoms with E-state index >= 15 is 0 Å². The highest BCUT2D eigenvalue weighted by Gasteiger charge is 2.64. The Bertz CT molecular complexity index is 1830. The molecule has 4 amide bonds. The Morgan fingerprint density at radius 1 is 1.05 bits per heavy atom. The predicted octanol–water partition coefficient (Wildman–Crippen LogP) is 4.56. The number of hydrogen-bond acceptors (Lipinski definition) is 9. The Hall–Kier alpha value is -4.22. The normalized spacial score (nSPS) is 30.3. The molecule has 5 rings (SSSR count). The van der Waals surface area contributed by atoms with Crippen molar-refractivity contribution in [1.82, 2.24) is 20.3 Å². The van der Waals surface area contributed by atoms with Crippen molar-refractivity contribution in [2.45, 2.75) is 120 Å². The Morgan fingerprint density at radius 3 is 2.35 bits per heavy atom. The van der Waals surface area contributed by atoms with Crippen molar-refractivity contribution in [3.05, 3.63) is 47.5 Å². The second kappa shape index (κ2) is 15.4. The zero-order chi connectivity index (χ0) is 40.7. The fraction of sp³-hybridized carbons (Fsp3) is 0.649. The van der Waals surface area contributed by atoms with Gasteiger partial charge >= 0.3 is 18.2 Å². The van der Waals surface area contributed by atoms with Crippen LogP contribution in [0.5, 0.6) is 0 Å². The van der Waals surface area contributed by atoms with Gasteiger partial charge in [0.05, 0.1) is 17.7 Å². The maximum Gasteiger partial charge on any atom is 0.417 e. The lowest BCUT2D eigenvalue weighted by Gasteiger charge is -2.33. The average Bonchev–Trinajstić information content (AvgIpc) is 3.98. The van der Waals surface area contributed by atoms with E-state index in [2.05, 4.69) is 10.6 Å². The summed E-state index contributed by atoms with van der Waals surface area (Å²) in [6.07, 6.45) is -2.45. The number of allylic oxidation sites excluding steroid dienone is 1. The summed E-state index contributed by atoms with van der Waals surface area (Å²) in [5.74, 6) is -5.36. The number of hydrogen-bond donors (Lipinski definition) is 3. The molecule has 0 aromatic heterocycles. The van der Waals surface area contributed by atoms with Crippen LogP contribution in [0.4, 0.5) is 22.4 Å². The van der Waals surface area contributed by atoms with Gasteiger partial charge in [0.25, 0.3) is 5.91 Å². The van der Waals surface area contributed by atoms with Crippen molar-refractivity contribution in [3.63, 3.8) is 0 Å². The molecule has 2 heterocycles. The minimum atomic E-state index is -4.90. The van der Waals surface area contributed by atoms with Crippen LogP contribution in [0.1, 0.15) is 95.5 Å². The third-order valence-corrected chi connectivity index (χ3v) is 12.8. The first-order chi connectivity index (χ1) is 25.5. The van der Waals surface area contributed by atoms with E-state index in [1.807, 2.05) is 17.7 Å². The molecule has 13 nitrogen and oxygen atoms in total. The van der Waals surface area contributed by atoms with E-state index in [0.717, 1.165) is 17.0 Å². The number of benzene rings is 1. The molecule has 2 aliphatic carbocycles. The maximum atomic E-state index is 14.5. The van der Waals surface area contributed by atoms with Crippen molar-refractivity contribution in [2.75, 3.05) is 13.2 Å². The molecule has 55 heavy (non-hydrogen) atoms. The van der Waals surface area contributed by atoms with Crippen molar-refractivity contribution in [2.24, 2.45) is 17.8 Å². The summed E-state index contributed by atoms with van der Waals surface area (Å²) in [6, 6.07) is 1.21. The number of alkyl carbamates (subject to hydrolysis) is 1. The first-order valence-corrected chi connectivity index (χ1v) is 19.8. The van der Waals surface area contributed by atoms with Crippen LogP contribution in [-0.2, 0) is 40.1 Å². The summed E-state index contributed by atoms with van der Waals surface area (Å²) in [6.45, 7) is 6.90. The number of fused-ring (bicyclic) bond motifs is 2. The van der Waals surface area contributed by atoms with Crippen molar-refractivity contribution in [3.8, 4) is 0 Å². The summed E-state index contributed by atoms with van der Waals surface area (Å²) >= 11 is 0. The lowest BCUT2D eigenvalue weighted by Crippen LogP contribution is -2.59. The predicted molar refractivity (Wildman–Crippen MR) is 189 cm³/mol. The Kier molecular flexibility index (Phi) is 11.7. The Labute approximate surface area is 317 Å². The highest BCUT2D eigenvalue weighted by Crippen LogP contribution is 2.48. The number of alkyl halides is 4. The summed E-state index contributed by atoms with van der Waals surface area (Å²) in [5, 5.41) is 5.25. The minimum absolute atomic E-state index is 0.00452. The van der Waals surface area contributed by atoms with Gasteiger partial charge < -0.3 is 25.0 Å². The molecule has 0 bridgehead atoms. The van der Waals surface area contributed by atoms with Crippen LogP contribution < -0.4 is 15.4 Å². The number of carbonyl (C=O) groups is 5. The molecule has 304 valence electrons. The van der Waals surface area contributed by atoms with Crippen LogP contribution in [0, 0.1) is 17.8 Å². The van der Waals surface area contributed by atoms with E-state index in [9.17, 15) is 50.0 Å². The van der Waals surface area contributed by atoms with Gasteiger partial charge in [-0.3, -0.25) is 19.1 Å². The zero-order valence-electron chi connectivity index (χ0n) is 31.3. The van der Waals surface area contributed by atoms with Crippen LogP contribution in [0.25, 0.3) is 0 Å². The van der Waals surface area contributed by atoms with Crippen LogP contribution in [-0.4, -0.2) is 90.4 Å². The Morgan fingerprint density at radius 2 is 1.73 bits per heavy atom. The molecular formula is C37H48F4N4O9S. The number of carbonyl (C=O) groups excluding carboxylic acids is 5. The van der Waals surface area contributed by atoms with E-state index in [0.29, 0.717) is 25.3 Å². The van der Waals surface area contributed by atoms with E-state index in [1.165, 1.54) is 6.07 Å². The van der Waals surface area contributed by atoms with Gasteiger partial charge in [-0.05, 0) is 83.3 Å². The van der Waals surface area contributed by atoms with Gasteiger partial charge in [0.2, 0.25) is 21.8 Å². The largest absolute Gasteiger partial charge is 0.457 e. The topological polar surface area (TPSA) is 177 Å². The molecule has 18 heteroatoms. The SMILES string of the molecule is CC1CC/C=C\[C@@H]2C[C@@]2(C(=O)NS(=O)(=O)C2(CF)CC2)NC(=O)[C@@H]2C[C@@H](OC(=O)c3ccccc3C(F)(F)F)CN2C(=O)[C@@H](NC(=O)OC(C)(C)C)[C@H](C)C1. The highest BCUT2D eigenvalue weighted by molar-refractivity contribution is 7.91. The van der Waals surface area contributed by atoms with E-state index in [4.69, 9.17) is 9.47 Å². The van der Waals surface area contributed by atoms with Crippen LogP contribution in [0.2, 0.25) is 0 Å². The summed E-state index contributed by atoms with van der Waals surface area (Å²) in [7, 11) is -4.48. The maximum absolute atomic E-state index is 14.5. The van der Waals surface area contributed by atoms with Crippen molar-refractivity contribution >= 4 is 39.8 Å².